The monoisotopic (exact) mass is 365 g/mol. The number of benzene rings is 2. The van der Waals surface area contributed by atoms with Crippen LogP contribution in [0.4, 0.5) is 0 Å². The number of nitrogens with zero attached hydrogens (tertiary/aromatic N) is 1. The largest absolute Gasteiger partial charge is 0.497 e. The van der Waals surface area contributed by atoms with E-state index in [0.717, 1.165) is 11.1 Å². The molecule has 6 nitrogen and oxygen atoms in total. The van der Waals surface area contributed by atoms with E-state index in [0.29, 0.717) is 17.2 Å². The molecule has 25 heavy (non-hydrogen) atoms. The Balaban J connectivity index is 2.37. The Hall–Kier alpha value is -2.25. The lowest BCUT2D eigenvalue weighted by Crippen LogP contribution is -2.27. The van der Waals surface area contributed by atoms with Crippen molar-refractivity contribution in [2.75, 3.05) is 28.4 Å². The second-order valence-electron chi connectivity index (χ2n) is 5.59. The van der Waals surface area contributed by atoms with Crippen LogP contribution >= 0.6 is 0 Å². The third kappa shape index (κ3) is 4.05. The van der Waals surface area contributed by atoms with Gasteiger partial charge in [0.25, 0.3) is 0 Å². The standard InChI is InChI=1S/C18H23NO5S/c1-13-6-9-16(23-4)18(10-13)25(20,21)19(2)12-14-7-8-15(22-3)11-17(14)24-5/h6-11H,12H2,1-5H3. The Morgan fingerprint density at radius 1 is 0.920 bits per heavy atom. The maximum atomic E-state index is 13.0. The summed E-state index contributed by atoms with van der Waals surface area (Å²) in [6.45, 7) is 2.00. The van der Waals surface area contributed by atoms with Crippen molar-refractivity contribution >= 4 is 10.0 Å². The number of rotatable bonds is 7. The maximum absolute atomic E-state index is 13.0. The SMILES string of the molecule is COc1ccc(CN(C)S(=O)(=O)c2cc(C)ccc2OC)c(OC)c1. The highest BCUT2D eigenvalue weighted by Gasteiger charge is 2.26. The molecule has 0 bridgehead atoms. The van der Waals surface area contributed by atoms with Gasteiger partial charge in [-0.25, -0.2) is 8.42 Å². The van der Waals surface area contributed by atoms with Gasteiger partial charge in [-0.1, -0.05) is 12.1 Å². The molecule has 0 amide bonds. The van der Waals surface area contributed by atoms with Gasteiger partial charge >= 0.3 is 0 Å². The predicted molar refractivity (Wildman–Crippen MR) is 95.9 cm³/mol. The molecule has 0 fully saturated rings. The van der Waals surface area contributed by atoms with E-state index < -0.39 is 10.0 Å². The minimum absolute atomic E-state index is 0.143. The lowest BCUT2D eigenvalue weighted by atomic mass is 10.2. The molecule has 2 aromatic carbocycles. The summed E-state index contributed by atoms with van der Waals surface area (Å²) in [6, 6.07) is 10.4. The summed E-state index contributed by atoms with van der Waals surface area (Å²) < 4.78 is 42.9. The summed E-state index contributed by atoms with van der Waals surface area (Å²) in [7, 11) is 2.36. The smallest absolute Gasteiger partial charge is 0.246 e. The van der Waals surface area contributed by atoms with Crippen LogP contribution in [-0.2, 0) is 16.6 Å². The van der Waals surface area contributed by atoms with Gasteiger partial charge in [-0.15, -0.1) is 0 Å². The van der Waals surface area contributed by atoms with Crippen LogP contribution in [0.3, 0.4) is 0 Å². The van der Waals surface area contributed by atoms with Crippen LogP contribution in [-0.4, -0.2) is 41.1 Å². The normalized spacial score (nSPS) is 11.4. The molecule has 136 valence electrons. The first-order valence-corrected chi connectivity index (χ1v) is 9.09. The number of ether oxygens (including phenoxy) is 3. The zero-order chi connectivity index (χ0) is 18.6. The molecule has 0 N–H and O–H groups in total. The molecule has 0 aromatic heterocycles. The van der Waals surface area contributed by atoms with Crippen LogP contribution in [0.25, 0.3) is 0 Å². The first kappa shape index (κ1) is 19.1. The highest BCUT2D eigenvalue weighted by Crippen LogP contribution is 2.30. The first-order chi connectivity index (χ1) is 11.8. The average molecular weight is 365 g/mol. The highest BCUT2D eigenvalue weighted by molar-refractivity contribution is 7.89. The van der Waals surface area contributed by atoms with Gasteiger partial charge in [0, 0.05) is 25.2 Å². The fourth-order valence-electron chi connectivity index (χ4n) is 2.46. The van der Waals surface area contributed by atoms with E-state index in [1.54, 1.807) is 37.4 Å². The van der Waals surface area contributed by atoms with Crippen molar-refractivity contribution in [1.82, 2.24) is 4.31 Å². The molecule has 0 aliphatic carbocycles. The van der Waals surface area contributed by atoms with E-state index in [1.807, 2.05) is 13.0 Å². The summed E-state index contributed by atoms with van der Waals surface area (Å²) in [6.07, 6.45) is 0. The topological polar surface area (TPSA) is 65.1 Å². The molecule has 0 saturated heterocycles. The molecule has 0 heterocycles. The molecule has 7 heteroatoms. The quantitative estimate of drug-likeness (QED) is 0.755. The predicted octanol–water partition coefficient (Wildman–Crippen LogP) is 2.84. The third-order valence-electron chi connectivity index (χ3n) is 3.89. The summed E-state index contributed by atoms with van der Waals surface area (Å²) in [5, 5.41) is 0. The van der Waals surface area contributed by atoms with Gasteiger partial charge in [0.05, 0.1) is 21.3 Å². The fraction of sp³-hybridized carbons (Fsp3) is 0.333. The number of hydrogen-bond donors (Lipinski definition) is 0. The van der Waals surface area contributed by atoms with Crippen LogP contribution < -0.4 is 14.2 Å². The van der Waals surface area contributed by atoms with Crippen LogP contribution in [0.1, 0.15) is 11.1 Å². The van der Waals surface area contributed by atoms with Crippen molar-refractivity contribution in [1.29, 1.82) is 0 Å². The van der Waals surface area contributed by atoms with E-state index in [4.69, 9.17) is 14.2 Å². The van der Waals surface area contributed by atoms with Crippen LogP contribution in [0.15, 0.2) is 41.3 Å². The number of hydrogen-bond acceptors (Lipinski definition) is 5. The summed E-state index contributed by atoms with van der Waals surface area (Å²) in [4.78, 5) is 0.143. The van der Waals surface area contributed by atoms with Gasteiger partial charge in [-0.2, -0.15) is 4.31 Å². The minimum atomic E-state index is -3.72. The van der Waals surface area contributed by atoms with E-state index in [1.165, 1.54) is 25.6 Å². The highest BCUT2D eigenvalue weighted by atomic mass is 32.2. The number of aryl methyl sites for hydroxylation is 1. The van der Waals surface area contributed by atoms with Crippen LogP contribution in [0.2, 0.25) is 0 Å². The Morgan fingerprint density at radius 2 is 1.60 bits per heavy atom. The van der Waals surface area contributed by atoms with E-state index in [9.17, 15) is 8.42 Å². The summed E-state index contributed by atoms with van der Waals surface area (Å²) in [5.41, 5.74) is 1.58. The second-order valence-corrected chi connectivity index (χ2v) is 7.61. The zero-order valence-electron chi connectivity index (χ0n) is 15.1. The minimum Gasteiger partial charge on any atom is -0.497 e. The van der Waals surface area contributed by atoms with Gasteiger partial charge in [0.1, 0.15) is 22.1 Å². The molecule has 0 aliphatic rings. The van der Waals surface area contributed by atoms with Crippen molar-refractivity contribution in [3.63, 3.8) is 0 Å². The lowest BCUT2D eigenvalue weighted by molar-refractivity contribution is 0.382. The third-order valence-corrected chi connectivity index (χ3v) is 5.72. The average Bonchev–Trinajstić information content (AvgIpc) is 2.61. The van der Waals surface area contributed by atoms with Crippen molar-refractivity contribution in [2.45, 2.75) is 18.4 Å². The molecule has 2 aromatic rings. The van der Waals surface area contributed by atoms with Crippen LogP contribution in [0, 0.1) is 6.92 Å². The zero-order valence-corrected chi connectivity index (χ0v) is 15.9. The van der Waals surface area contributed by atoms with Gasteiger partial charge < -0.3 is 14.2 Å². The molecule has 0 radical (unpaired) electrons. The van der Waals surface area contributed by atoms with Crippen molar-refractivity contribution in [3.05, 3.63) is 47.5 Å². The molecular formula is C18H23NO5S. The lowest BCUT2D eigenvalue weighted by Gasteiger charge is -2.20. The molecule has 0 spiro atoms. The van der Waals surface area contributed by atoms with Crippen LogP contribution in [0.5, 0.6) is 17.2 Å². The number of sulfonamides is 1. The Morgan fingerprint density at radius 3 is 2.20 bits per heavy atom. The fourth-order valence-corrected chi connectivity index (χ4v) is 3.85. The van der Waals surface area contributed by atoms with Crippen molar-refractivity contribution in [2.24, 2.45) is 0 Å². The Labute approximate surface area is 149 Å². The summed E-state index contributed by atoms with van der Waals surface area (Å²) in [5.74, 6) is 1.53. The van der Waals surface area contributed by atoms with Crippen molar-refractivity contribution in [3.8, 4) is 17.2 Å². The van der Waals surface area contributed by atoms with Crippen molar-refractivity contribution < 1.29 is 22.6 Å². The first-order valence-electron chi connectivity index (χ1n) is 7.65. The van der Waals surface area contributed by atoms with E-state index in [-0.39, 0.29) is 11.4 Å². The van der Waals surface area contributed by atoms with E-state index >= 15 is 0 Å². The summed E-state index contributed by atoms with van der Waals surface area (Å²) >= 11 is 0. The molecule has 0 saturated carbocycles. The second kappa shape index (κ2) is 7.76. The Kier molecular flexibility index (Phi) is 5.92. The molecule has 0 atom stereocenters. The van der Waals surface area contributed by atoms with Gasteiger partial charge in [0.2, 0.25) is 10.0 Å². The Bertz CT molecular complexity index is 849. The molecule has 0 unspecified atom stereocenters. The molecule has 0 aliphatic heterocycles. The number of methoxy groups -OCH3 is 3. The maximum Gasteiger partial charge on any atom is 0.246 e. The molecular weight excluding hydrogens is 342 g/mol. The van der Waals surface area contributed by atoms with Gasteiger partial charge in [-0.05, 0) is 30.7 Å². The molecule has 2 rings (SSSR count). The van der Waals surface area contributed by atoms with E-state index in [2.05, 4.69) is 0 Å². The van der Waals surface area contributed by atoms with Gasteiger partial charge in [0.15, 0.2) is 0 Å². The van der Waals surface area contributed by atoms with Gasteiger partial charge in [-0.3, -0.25) is 0 Å².